The van der Waals surface area contributed by atoms with E-state index in [-0.39, 0.29) is 11.8 Å². The maximum Gasteiger partial charge on any atom is 0.255 e. The average Bonchev–Trinajstić information content (AvgIpc) is 3.18. The largest absolute Gasteiger partial charge is 0.339 e. The van der Waals surface area contributed by atoms with Crippen molar-refractivity contribution in [2.45, 2.75) is 24.7 Å². The Morgan fingerprint density at radius 2 is 2.15 bits per heavy atom. The van der Waals surface area contributed by atoms with Gasteiger partial charge in [0.15, 0.2) is 5.82 Å². The highest BCUT2D eigenvalue weighted by Gasteiger charge is 2.37. The van der Waals surface area contributed by atoms with Gasteiger partial charge < -0.3 is 9.42 Å². The molecular weight excluding hydrogens is 256 g/mol. The second-order valence-corrected chi connectivity index (χ2v) is 5.41. The van der Waals surface area contributed by atoms with Crippen molar-refractivity contribution in [3.8, 4) is 0 Å². The van der Waals surface area contributed by atoms with Crippen molar-refractivity contribution in [2.24, 2.45) is 0 Å². The van der Waals surface area contributed by atoms with Crippen LogP contribution in [0, 0.1) is 0 Å². The summed E-state index contributed by atoms with van der Waals surface area (Å²) in [5.74, 6) is 2.19. The molecule has 0 N–H and O–H groups in total. The molecule has 6 heteroatoms. The van der Waals surface area contributed by atoms with Crippen molar-refractivity contribution in [3.05, 3.63) is 41.8 Å². The number of likely N-dealkylation sites (tertiary alicyclic amines) is 1. The van der Waals surface area contributed by atoms with Crippen LogP contribution in [-0.2, 0) is 0 Å². The van der Waals surface area contributed by atoms with E-state index in [0.717, 1.165) is 18.7 Å². The molecular formula is C14H14N4O2. The van der Waals surface area contributed by atoms with Gasteiger partial charge in [-0.25, -0.2) is 0 Å². The van der Waals surface area contributed by atoms with E-state index < -0.39 is 0 Å². The molecule has 4 rings (SSSR count). The number of nitrogens with zero attached hydrogens (tertiary/aromatic N) is 4. The highest BCUT2D eigenvalue weighted by atomic mass is 16.5. The van der Waals surface area contributed by atoms with Crippen molar-refractivity contribution in [3.63, 3.8) is 0 Å². The van der Waals surface area contributed by atoms with Crippen molar-refractivity contribution >= 4 is 5.91 Å². The zero-order chi connectivity index (χ0) is 13.5. The van der Waals surface area contributed by atoms with Gasteiger partial charge in [-0.1, -0.05) is 5.16 Å². The zero-order valence-electron chi connectivity index (χ0n) is 10.9. The summed E-state index contributed by atoms with van der Waals surface area (Å²) in [7, 11) is 0. The van der Waals surface area contributed by atoms with Crippen LogP contribution in [0.15, 0.2) is 29.0 Å². The molecule has 0 bridgehead atoms. The molecule has 20 heavy (non-hydrogen) atoms. The van der Waals surface area contributed by atoms with Gasteiger partial charge in [0.25, 0.3) is 5.91 Å². The van der Waals surface area contributed by atoms with E-state index in [1.54, 1.807) is 29.4 Å². The summed E-state index contributed by atoms with van der Waals surface area (Å²) in [6.07, 6.45) is 5.58. The quantitative estimate of drug-likeness (QED) is 0.846. The summed E-state index contributed by atoms with van der Waals surface area (Å²) in [6.45, 7) is 1.28. The number of hydrogen-bond acceptors (Lipinski definition) is 5. The normalized spacial score (nSPS) is 18.9. The first-order valence-electron chi connectivity index (χ1n) is 6.84. The number of hydrogen-bond donors (Lipinski definition) is 0. The first-order chi connectivity index (χ1) is 9.81. The monoisotopic (exact) mass is 270 g/mol. The molecule has 3 heterocycles. The number of amides is 1. The van der Waals surface area contributed by atoms with E-state index in [1.807, 2.05) is 0 Å². The Bertz CT molecular complexity index is 630. The van der Waals surface area contributed by atoms with Crippen molar-refractivity contribution in [1.82, 2.24) is 20.0 Å². The third kappa shape index (κ3) is 1.97. The molecule has 2 aromatic rings. The highest BCUT2D eigenvalue weighted by Crippen LogP contribution is 2.39. The molecule has 1 amide bonds. The Morgan fingerprint density at radius 3 is 2.85 bits per heavy atom. The predicted molar refractivity (Wildman–Crippen MR) is 69.2 cm³/mol. The fourth-order valence-electron chi connectivity index (χ4n) is 2.39. The summed E-state index contributed by atoms with van der Waals surface area (Å²) < 4.78 is 5.29. The Kier molecular flexibility index (Phi) is 2.55. The third-order valence-electron chi connectivity index (χ3n) is 3.83. The molecule has 2 aliphatic rings. The molecule has 1 saturated carbocycles. The van der Waals surface area contributed by atoms with Crippen LogP contribution in [0.5, 0.6) is 0 Å². The maximum absolute atomic E-state index is 12.1. The second kappa shape index (κ2) is 4.40. The minimum absolute atomic E-state index is 0.0104. The summed E-state index contributed by atoms with van der Waals surface area (Å²) >= 11 is 0. The molecule has 1 aliphatic carbocycles. The van der Waals surface area contributed by atoms with Gasteiger partial charge in [-0.3, -0.25) is 9.78 Å². The lowest BCUT2D eigenvalue weighted by Crippen LogP contribution is -2.48. The molecule has 102 valence electrons. The number of carbonyl (C=O) groups is 1. The van der Waals surface area contributed by atoms with Gasteiger partial charge in [0.1, 0.15) is 0 Å². The lowest BCUT2D eigenvalue weighted by molar-refractivity contribution is 0.0569. The van der Waals surface area contributed by atoms with Crippen LogP contribution in [0.25, 0.3) is 0 Å². The zero-order valence-corrected chi connectivity index (χ0v) is 10.9. The topological polar surface area (TPSA) is 72.1 Å². The first-order valence-corrected chi connectivity index (χ1v) is 6.84. The molecule has 1 aliphatic heterocycles. The van der Waals surface area contributed by atoms with Crippen molar-refractivity contribution < 1.29 is 9.32 Å². The van der Waals surface area contributed by atoms with Gasteiger partial charge in [0.05, 0.1) is 11.5 Å². The lowest BCUT2D eigenvalue weighted by atomic mass is 9.99. The van der Waals surface area contributed by atoms with Gasteiger partial charge >= 0.3 is 0 Å². The Labute approximate surface area is 115 Å². The van der Waals surface area contributed by atoms with Gasteiger partial charge in [0.2, 0.25) is 5.89 Å². The molecule has 0 radical (unpaired) electrons. The van der Waals surface area contributed by atoms with Crippen LogP contribution >= 0.6 is 0 Å². The molecule has 2 aromatic heterocycles. The highest BCUT2D eigenvalue weighted by molar-refractivity contribution is 5.94. The van der Waals surface area contributed by atoms with Gasteiger partial charge in [-0.2, -0.15) is 4.98 Å². The van der Waals surface area contributed by atoms with E-state index >= 15 is 0 Å². The summed E-state index contributed by atoms with van der Waals surface area (Å²) in [6, 6.07) is 3.55. The minimum Gasteiger partial charge on any atom is -0.339 e. The van der Waals surface area contributed by atoms with Crippen LogP contribution in [0.3, 0.4) is 0 Å². The van der Waals surface area contributed by atoms with E-state index in [0.29, 0.717) is 30.5 Å². The number of aromatic nitrogens is 3. The minimum atomic E-state index is 0.0104. The lowest BCUT2D eigenvalue weighted by Gasteiger charge is -2.37. The van der Waals surface area contributed by atoms with Gasteiger partial charge in [-0.05, 0) is 25.0 Å². The Hall–Kier alpha value is -2.24. The standard InChI is InChI=1S/C14H14N4O2/c19-14(10-2-1-5-15-6-10)18-7-11(8-18)13-16-12(17-20-13)9-3-4-9/h1-2,5-6,9,11H,3-4,7-8H2. The van der Waals surface area contributed by atoms with Crippen molar-refractivity contribution in [1.29, 1.82) is 0 Å². The summed E-state index contributed by atoms with van der Waals surface area (Å²) in [5, 5.41) is 4.01. The van der Waals surface area contributed by atoms with Crippen LogP contribution in [-0.4, -0.2) is 39.0 Å². The number of pyridine rings is 1. The average molecular weight is 270 g/mol. The molecule has 0 spiro atoms. The van der Waals surface area contributed by atoms with Crippen LogP contribution in [0.1, 0.15) is 46.8 Å². The Morgan fingerprint density at radius 1 is 1.30 bits per heavy atom. The molecule has 6 nitrogen and oxygen atoms in total. The molecule has 0 unspecified atom stereocenters. The second-order valence-electron chi connectivity index (χ2n) is 5.41. The third-order valence-corrected chi connectivity index (χ3v) is 3.83. The van der Waals surface area contributed by atoms with E-state index in [9.17, 15) is 4.79 Å². The number of carbonyl (C=O) groups excluding carboxylic acids is 1. The summed E-state index contributed by atoms with van der Waals surface area (Å²) in [5.41, 5.74) is 0.621. The fraction of sp³-hybridized carbons (Fsp3) is 0.429. The van der Waals surface area contributed by atoms with E-state index in [1.165, 1.54) is 0 Å². The Balaban J connectivity index is 1.40. The van der Waals surface area contributed by atoms with Crippen LogP contribution in [0.2, 0.25) is 0 Å². The summed E-state index contributed by atoms with van der Waals surface area (Å²) in [4.78, 5) is 22.3. The molecule has 2 fully saturated rings. The van der Waals surface area contributed by atoms with Gasteiger partial charge in [0, 0.05) is 31.4 Å². The van der Waals surface area contributed by atoms with E-state index in [2.05, 4.69) is 15.1 Å². The van der Waals surface area contributed by atoms with Crippen molar-refractivity contribution in [2.75, 3.05) is 13.1 Å². The molecule has 1 saturated heterocycles. The molecule has 0 atom stereocenters. The maximum atomic E-state index is 12.1. The fourth-order valence-corrected chi connectivity index (χ4v) is 2.39. The predicted octanol–water partition coefficient (Wildman–Crippen LogP) is 1.58. The smallest absolute Gasteiger partial charge is 0.255 e. The SMILES string of the molecule is O=C(c1cccnc1)N1CC(c2nc(C3CC3)no2)C1. The van der Waals surface area contributed by atoms with Crippen LogP contribution in [0.4, 0.5) is 0 Å². The van der Waals surface area contributed by atoms with Gasteiger partial charge in [-0.15, -0.1) is 0 Å². The van der Waals surface area contributed by atoms with Crippen LogP contribution < -0.4 is 0 Å². The number of rotatable bonds is 3. The first kappa shape index (κ1) is 11.6. The van der Waals surface area contributed by atoms with E-state index in [4.69, 9.17) is 4.52 Å². The molecule has 0 aromatic carbocycles.